The molecule has 1 nitrogen and oxygen atoms in total. The van der Waals surface area contributed by atoms with Crippen LogP contribution in [0.15, 0.2) is 42.5 Å². The SMILES string of the molecule is CNCCC1(c2ccc3ccccc3c2)CCCCC1. The molecular weight excluding hydrogens is 242 g/mol. The summed E-state index contributed by atoms with van der Waals surface area (Å²) in [5.74, 6) is 0. The molecule has 1 aliphatic carbocycles. The van der Waals surface area contributed by atoms with Crippen LogP contribution in [0.1, 0.15) is 44.1 Å². The van der Waals surface area contributed by atoms with E-state index < -0.39 is 0 Å². The lowest BCUT2D eigenvalue weighted by Gasteiger charge is -2.38. The van der Waals surface area contributed by atoms with Crippen molar-refractivity contribution in [2.45, 2.75) is 43.9 Å². The van der Waals surface area contributed by atoms with Crippen LogP contribution in [0.3, 0.4) is 0 Å². The maximum atomic E-state index is 3.35. The lowest BCUT2D eigenvalue weighted by atomic mass is 9.67. The van der Waals surface area contributed by atoms with E-state index >= 15 is 0 Å². The zero-order valence-corrected chi connectivity index (χ0v) is 12.5. The maximum Gasteiger partial charge on any atom is -0.00347 e. The molecule has 0 spiro atoms. The first-order valence-electron chi connectivity index (χ1n) is 7.98. The number of hydrogen-bond acceptors (Lipinski definition) is 1. The van der Waals surface area contributed by atoms with Crippen molar-refractivity contribution in [1.82, 2.24) is 5.32 Å². The molecule has 0 radical (unpaired) electrons. The Morgan fingerprint density at radius 3 is 2.45 bits per heavy atom. The van der Waals surface area contributed by atoms with Crippen LogP contribution >= 0.6 is 0 Å². The van der Waals surface area contributed by atoms with Crippen LogP contribution in [-0.4, -0.2) is 13.6 Å². The second-order valence-corrected chi connectivity index (χ2v) is 6.26. The molecule has 0 atom stereocenters. The molecule has 2 aromatic rings. The van der Waals surface area contributed by atoms with Gasteiger partial charge in [-0.1, -0.05) is 61.7 Å². The Bertz CT molecular complexity index is 567. The zero-order valence-electron chi connectivity index (χ0n) is 12.5. The van der Waals surface area contributed by atoms with Crippen LogP contribution in [0, 0.1) is 0 Å². The van der Waals surface area contributed by atoms with E-state index in [2.05, 4.69) is 54.8 Å². The third-order valence-corrected chi connectivity index (χ3v) is 5.03. The first-order valence-corrected chi connectivity index (χ1v) is 7.98. The summed E-state index contributed by atoms with van der Waals surface area (Å²) in [5, 5.41) is 6.09. The van der Waals surface area contributed by atoms with Gasteiger partial charge >= 0.3 is 0 Å². The molecule has 1 N–H and O–H groups in total. The first-order chi connectivity index (χ1) is 9.84. The molecule has 0 bridgehead atoms. The Labute approximate surface area is 122 Å². The monoisotopic (exact) mass is 267 g/mol. The average Bonchev–Trinajstić information content (AvgIpc) is 2.53. The highest BCUT2D eigenvalue weighted by atomic mass is 14.8. The van der Waals surface area contributed by atoms with E-state index in [0.29, 0.717) is 5.41 Å². The fraction of sp³-hybridized carbons (Fsp3) is 0.474. The summed E-state index contributed by atoms with van der Waals surface area (Å²) in [5.41, 5.74) is 1.97. The van der Waals surface area contributed by atoms with Crippen molar-refractivity contribution >= 4 is 10.8 Å². The Balaban J connectivity index is 1.99. The standard InChI is InChI=1S/C19H25N/c1-20-14-13-19(11-5-2-6-12-19)18-10-9-16-7-3-4-8-17(16)15-18/h3-4,7-10,15,20H,2,5-6,11-14H2,1H3. The molecule has 0 unspecified atom stereocenters. The summed E-state index contributed by atoms with van der Waals surface area (Å²) in [4.78, 5) is 0. The van der Waals surface area contributed by atoms with Gasteiger partial charge in [-0.05, 0) is 54.6 Å². The molecule has 0 saturated heterocycles. The number of rotatable bonds is 4. The molecule has 106 valence electrons. The van der Waals surface area contributed by atoms with Crippen LogP contribution in [-0.2, 0) is 5.41 Å². The predicted molar refractivity (Wildman–Crippen MR) is 87.3 cm³/mol. The highest BCUT2D eigenvalue weighted by Crippen LogP contribution is 2.42. The number of fused-ring (bicyclic) bond motifs is 1. The fourth-order valence-corrected chi connectivity index (χ4v) is 3.80. The third kappa shape index (κ3) is 2.60. The van der Waals surface area contributed by atoms with Crippen molar-refractivity contribution in [3.8, 4) is 0 Å². The quantitative estimate of drug-likeness (QED) is 0.850. The van der Waals surface area contributed by atoms with Crippen LogP contribution in [0.5, 0.6) is 0 Å². The number of benzene rings is 2. The van der Waals surface area contributed by atoms with Crippen molar-refractivity contribution in [2.24, 2.45) is 0 Å². The van der Waals surface area contributed by atoms with Gasteiger partial charge in [-0.2, -0.15) is 0 Å². The molecule has 1 aliphatic rings. The van der Waals surface area contributed by atoms with Crippen LogP contribution < -0.4 is 5.32 Å². The van der Waals surface area contributed by atoms with Gasteiger partial charge in [0.1, 0.15) is 0 Å². The van der Waals surface area contributed by atoms with E-state index in [0.717, 1.165) is 6.54 Å². The Kier molecular flexibility index (Phi) is 4.07. The second-order valence-electron chi connectivity index (χ2n) is 6.26. The maximum absolute atomic E-state index is 3.35. The molecule has 3 rings (SSSR count). The molecule has 0 aromatic heterocycles. The van der Waals surface area contributed by atoms with Gasteiger partial charge in [0.25, 0.3) is 0 Å². The minimum atomic E-state index is 0.408. The molecule has 20 heavy (non-hydrogen) atoms. The van der Waals surface area contributed by atoms with Gasteiger partial charge in [0, 0.05) is 0 Å². The lowest BCUT2D eigenvalue weighted by molar-refractivity contribution is 0.273. The Morgan fingerprint density at radius 1 is 0.950 bits per heavy atom. The molecule has 2 aromatic carbocycles. The fourth-order valence-electron chi connectivity index (χ4n) is 3.80. The Morgan fingerprint density at radius 2 is 1.70 bits per heavy atom. The topological polar surface area (TPSA) is 12.0 Å². The highest BCUT2D eigenvalue weighted by Gasteiger charge is 2.33. The summed E-state index contributed by atoms with van der Waals surface area (Å²) in [7, 11) is 2.07. The van der Waals surface area contributed by atoms with E-state index in [-0.39, 0.29) is 0 Å². The molecular formula is C19H25N. The predicted octanol–water partition coefficient (Wildman–Crippen LogP) is 4.65. The van der Waals surface area contributed by atoms with E-state index in [1.54, 1.807) is 5.56 Å². The lowest BCUT2D eigenvalue weighted by Crippen LogP contribution is -2.32. The molecule has 0 aliphatic heterocycles. The summed E-state index contributed by atoms with van der Waals surface area (Å²) in [6.07, 6.45) is 8.16. The van der Waals surface area contributed by atoms with Crippen molar-refractivity contribution < 1.29 is 0 Å². The summed E-state index contributed by atoms with van der Waals surface area (Å²) in [6.45, 7) is 1.12. The molecule has 1 heteroatoms. The van der Waals surface area contributed by atoms with Crippen LogP contribution in [0.2, 0.25) is 0 Å². The zero-order chi connectivity index (χ0) is 13.8. The largest absolute Gasteiger partial charge is 0.320 e. The van der Waals surface area contributed by atoms with Gasteiger partial charge in [-0.15, -0.1) is 0 Å². The smallest absolute Gasteiger partial charge is 0.00347 e. The normalized spacial score (nSPS) is 18.2. The Hall–Kier alpha value is -1.34. The molecule has 0 amide bonds. The first kappa shape index (κ1) is 13.6. The molecule has 0 heterocycles. The number of nitrogens with one attached hydrogen (secondary N) is 1. The summed E-state index contributed by atoms with van der Waals surface area (Å²) in [6, 6.07) is 15.8. The van der Waals surface area contributed by atoms with E-state index in [1.807, 2.05) is 0 Å². The van der Waals surface area contributed by atoms with Crippen LogP contribution in [0.25, 0.3) is 10.8 Å². The van der Waals surface area contributed by atoms with E-state index in [4.69, 9.17) is 0 Å². The van der Waals surface area contributed by atoms with Crippen molar-refractivity contribution in [3.63, 3.8) is 0 Å². The van der Waals surface area contributed by atoms with Crippen LogP contribution in [0.4, 0.5) is 0 Å². The average molecular weight is 267 g/mol. The summed E-state index contributed by atoms with van der Waals surface area (Å²) >= 11 is 0. The van der Waals surface area contributed by atoms with Gasteiger partial charge in [0.05, 0.1) is 0 Å². The molecule has 1 saturated carbocycles. The highest BCUT2D eigenvalue weighted by molar-refractivity contribution is 5.83. The van der Waals surface area contributed by atoms with Gasteiger partial charge in [-0.25, -0.2) is 0 Å². The van der Waals surface area contributed by atoms with Gasteiger partial charge in [0.15, 0.2) is 0 Å². The second kappa shape index (κ2) is 5.97. The van der Waals surface area contributed by atoms with Crippen molar-refractivity contribution in [2.75, 3.05) is 13.6 Å². The summed E-state index contributed by atoms with van der Waals surface area (Å²) < 4.78 is 0. The minimum absolute atomic E-state index is 0.408. The van der Waals surface area contributed by atoms with Crippen molar-refractivity contribution in [1.29, 1.82) is 0 Å². The third-order valence-electron chi connectivity index (χ3n) is 5.03. The van der Waals surface area contributed by atoms with E-state index in [1.165, 1.54) is 49.3 Å². The number of hydrogen-bond donors (Lipinski definition) is 1. The van der Waals surface area contributed by atoms with Crippen molar-refractivity contribution in [3.05, 3.63) is 48.0 Å². The minimum Gasteiger partial charge on any atom is -0.320 e. The molecule has 1 fully saturated rings. The van der Waals surface area contributed by atoms with Gasteiger partial charge in [0.2, 0.25) is 0 Å². The van der Waals surface area contributed by atoms with E-state index in [9.17, 15) is 0 Å². The van der Waals surface area contributed by atoms with Gasteiger partial charge < -0.3 is 5.32 Å². The van der Waals surface area contributed by atoms with Gasteiger partial charge in [-0.3, -0.25) is 0 Å².